The summed E-state index contributed by atoms with van der Waals surface area (Å²) >= 11 is 1.46. The van der Waals surface area contributed by atoms with Gasteiger partial charge in [0.15, 0.2) is 0 Å². The lowest BCUT2D eigenvalue weighted by atomic mass is 10.1. The number of carbonyl (C=O) groups excluding carboxylic acids is 2. The second-order valence-corrected chi connectivity index (χ2v) is 8.67. The first-order chi connectivity index (χ1) is 15.9. The fraction of sp³-hybridized carbons (Fsp3) is 0.231. The summed E-state index contributed by atoms with van der Waals surface area (Å²) in [5, 5.41) is 5.61. The third-order valence-electron chi connectivity index (χ3n) is 5.01. The molecule has 3 aromatic carbocycles. The number of anilines is 2. The fourth-order valence-corrected chi connectivity index (χ4v) is 4.28. The maximum Gasteiger partial charge on any atom is 0.263 e. The molecule has 3 rings (SSSR count). The molecule has 0 spiro atoms. The van der Waals surface area contributed by atoms with Crippen LogP contribution in [0.5, 0.6) is 11.5 Å². The van der Waals surface area contributed by atoms with Crippen LogP contribution in [0.4, 0.5) is 11.4 Å². The van der Waals surface area contributed by atoms with E-state index < -0.39 is 0 Å². The summed E-state index contributed by atoms with van der Waals surface area (Å²) in [7, 11) is 3.02. The molecular weight excluding hydrogens is 436 g/mol. The van der Waals surface area contributed by atoms with Crippen LogP contribution in [0.2, 0.25) is 0 Å². The Morgan fingerprint density at radius 1 is 0.879 bits per heavy atom. The molecule has 0 radical (unpaired) electrons. The van der Waals surface area contributed by atoms with Crippen molar-refractivity contribution in [2.24, 2.45) is 0 Å². The second kappa shape index (κ2) is 11.4. The molecule has 7 heteroatoms. The van der Waals surface area contributed by atoms with Crippen molar-refractivity contribution < 1.29 is 19.1 Å². The Labute approximate surface area is 198 Å². The minimum atomic E-state index is -0.337. The van der Waals surface area contributed by atoms with Crippen LogP contribution in [0.15, 0.2) is 71.6 Å². The van der Waals surface area contributed by atoms with Gasteiger partial charge in [-0.15, -0.1) is 11.8 Å². The van der Waals surface area contributed by atoms with Gasteiger partial charge >= 0.3 is 0 Å². The van der Waals surface area contributed by atoms with Gasteiger partial charge in [-0.05, 0) is 55.8 Å². The molecule has 33 heavy (non-hydrogen) atoms. The topological polar surface area (TPSA) is 76.7 Å². The van der Waals surface area contributed by atoms with E-state index in [0.29, 0.717) is 29.2 Å². The van der Waals surface area contributed by atoms with Gasteiger partial charge in [0.2, 0.25) is 5.91 Å². The van der Waals surface area contributed by atoms with Crippen LogP contribution in [0.25, 0.3) is 0 Å². The predicted molar refractivity (Wildman–Crippen MR) is 134 cm³/mol. The minimum absolute atomic E-state index is 0.0560. The van der Waals surface area contributed by atoms with E-state index in [0.717, 1.165) is 16.1 Å². The highest BCUT2D eigenvalue weighted by molar-refractivity contribution is 8.00. The normalized spacial score (nSPS) is 11.4. The lowest BCUT2D eigenvalue weighted by Gasteiger charge is -2.16. The molecule has 1 unspecified atom stereocenters. The van der Waals surface area contributed by atoms with Crippen molar-refractivity contribution in [3.05, 3.63) is 77.9 Å². The first-order valence-corrected chi connectivity index (χ1v) is 11.5. The van der Waals surface area contributed by atoms with Gasteiger partial charge in [-0.2, -0.15) is 0 Å². The molecule has 0 aromatic heterocycles. The van der Waals surface area contributed by atoms with Crippen LogP contribution in [0.3, 0.4) is 0 Å². The van der Waals surface area contributed by atoms with Crippen molar-refractivity contribution in [3.63, 3.8) is 0 Å². The second-order valence-electron chi connectivity index (χ2n) is 7.39. The minimum Gasteiger partial charge on any atom is -0.496 e. The van der Waals surface area contributed by atoms with Crippen LogP contribution >= 0.6 is 11.8 Å². The van der Waals surface area contributed by atoms with Gasteiger partial charge in [0.25, 0.3) is 5.91 Å². The SMILES string of the molecule is CCC(Sc1cccc(NC(=O)c2c(OC)cccc2OC)c1)C(=O)Nc1ccc(C)cc1. The number of rotatable bonds is 9. The van der Waals surface area contributed by atoms with Crippen molar-refractivity contribution >= 4 is 35.0 Å². The largest absolute Gasteiger partial charge is 0.496 e. The zero-order valence-electron chi connectivity index (χ0n) is 19.2. The first-order valence-electron chi connectivity index (χ1n) is 10.6. The van der Waals surface area contributed by atoms with Gasteiger partial charge in [0, 0.05) is 16.3 Å². The molecular formula is C26H28N2O4S. The Balaban J connectivity index is 1.72. The number of benzene rings is 3. The summed E-state index contributed by atoms with van der Waals surface area (Å²) in [5.74, 6) is 0.461. The molecule has 6 nitrogen and oxygen atoms in total. The number of hydrogen-bond donors (Lipinski definition) is 2. The standard InChI is InChI=1S/C26H28N2O4S/c1-5-23(25(29)27-18-14-12-17(2)13-15-18)33-20-9-6-8-19(16-20)28-26(30)24-21(31-3)10-7-11-22(24)32-4/h6-16,23H,5H2,1-4H3,(H,27,29)(H,28,30). The summed E-state index contributed by atoms with van der Waals surface area (Å²) < 4.78 is 10.7. The van der Waals surface area contributed by atoms with E-state index in [1.165, 1.54) is 26.0 Å². The highest BCUT2D eigenvalue weighted by Crippen LogP contribution is 2.31. The number of amides is 2. The number of ether oxygens (including phenoxy) is 2. The molecule has 2 N–H and O–H groups in total. The molecule has 0 heterocycles. The van der Waals surface area contributed by atoms with Crippen molar-refractivity contribution in [3.8, 4) is 11.5 Å². The van der Waals surface area contributed by atoms with Gasteiger partial charge in [0.1, 0.15) is 17.1 Å². The molecule has 0 aliphatic heterocycles. The van der Waals surface area contributed by atoms with Crippen LogP contribution in [0.1, 0.15) is 29.3 Å². The molecule has 3 aromatic rings. The highest BCUT2D eigenvalue weighted by Gasteiger charge is 2.20. The third-order valence-corrected chi connectivity index (χ3v) is 6.37. The quantitative estimate of drug-likeness (QED) is 0.393. The van der Waals surface area contributed by atoms with Crippen molar-refractivity contribution in [1.29, 1.82) is 0 Å². The molecule has 0 fully saturated rings. The number of thioether (sulfide) groups is 1. The predicted octanol–water partition coefficient (Wildman–Crippen LogP) is 5.77. The first kappa shape index (κ1) is 24.2. The fourth-order valence-electron chi connectivity index (χ4n) is 3.26. The zero-order chi connectivity index (χ0) is 23.8. The van der Waals surface area contributed by atoms with Crippen molar-refractivity contribution in [2.75, 3.05) is 24.9 Å². The maximum atomic E-state index is 13.0. The Morgan fingerprint density at radius 3 is 2.12 bits per heavy atom. The summed E-state index contributed by atoms with van der Waals surface area (Å²) in [6, 6.07) is 20.3. The average molecular weight is 465 g/mol. The van der Waals surface area contributed by atoms with E-state index in [1.54, 1.807) is 24.3 Å². The van der Waals surface area contributed by atoms with E-state index in [2.05, 4.69) is 10.6 Å². The van der Waals surface area contributed by atoms with E-state index in [-0.39, 0.29) is 17.1 Å². The molecule has 2 amide bonds. The van der Waals surface area contributed by atoms with Crippen molar-refractivity contribution in [2.45, 2.75) is 30.4 Å². The number of nitrogens with one attached hydrogen (secondary N) is 2. The smallest absolute Gasteiger partial charge is 0.263 e. The monoisotopic (exact) mass is 464 g/mol. The highest BCUT2D eigenvalue weighted by atomic mass is 32.2. The molecule has 172 valence electrons. The molecule has 1 atom stereocenters. The van der Waals surface area contributed by atoms with Crippen LogP contribution < -0.4 is 20.1 Å². The number of aryl methyl sites for hydroxylation is 1. The molecule has 0 saturated heterocycles. The van der Waals surface area contributed by atoms with Gasteiger partial charge in [-0.1, -0.05) is 36.8 Å². The lowest BCUT2D eigenvalue weighted by Crippen LogP contribution is -2.24. The van der Waals surface area contributed by atoms with Gasteiger partial charge in [-0.25, -0.2) is 0 Å². The van der Waals surface area contributed by atoms with Gasteiger partial charge in [-0.3, -0.25) is 9.59 Å². The molecule has 0 saturated carbocycles. The summed E-state index contributed by atoms with van der Waals surface area (Å²) in [5.41, 5.74) is 2.85. The van der Waals surface area contributed by atoms with Crippen LogP contribution in [-0.4, -0.2) is 31.3 Å². The number of carbonyl (C=O) groups is 2. The lowest BCUT2D eigenvalue weighted by molar-refractivity contribution is -0.115. The Hall–Kier alpha value is -3.45. The zero-order valence-corrected chi connectivity index (χ0v) is 20.0. The van der Waals surface area contributed by atoms with Gasteiger partial charge < -0.3 is 20.1 Å². The summed E-state index contributed by atoms with van der Waals surface area (Å²) in [6.07, 6.45) is 0.664. The van der Waals surface area contributed by atoms with Crippen molar-refractivity contribution in [1.82, 2.24) is 0 Å². The Bertz CT molecular complexity index is 1090. The maximum absolute atomic E-state index is 13.0. The van der Waals surface area contributed by atoms with Crippen LogP contribution in [0, 0.1) is 6.92 Å². The van der Waals surface area contributed by atoms with E-state index in [4.69, 9.17) is 9.47 Å². The Kier molecular flexibility index (Phi) is 8.38. The molecule has 0 bridgehead atoms. The van der Waals surface area contributed by atoms with Gasteiger partial charge in [0.05, 0.1) is 19.5 Å². The van der Waals surface area contributed by atoms with E-state index in [9.17, 15) is 9.59 Å². The Morgan fingerprint density at radius 2 is 1.52 bits per heavy atom. The van der Waals surface area contributed by atoms with E-state index >= 15 is 0 Å². The third kappa shape index (κ3) is 6.29. The van der Waals surface area contributed by atoms with E-state index in [1.807, 2.05) is 56.3 Å². The summed E-state index contributed by atoms with van der Waals surface area (Å²) in [4.78, 5) is 26.6. The molecule has 0 aliphatic carbocycles. The average Bonchev–Trinajstić information content (AvgIpc) is 2.83. The summed E-state index contributed by atoms with van der Waals surface area (Å²) in [6.45, 7) is 3.98. The van der Waals surface area contributed by atoms with Crippen LogP contribution in [-0.2, 0) is 4.79 Å². The number of hydrogen-bond acceptors (Lipinski definition) is 5. The number of methoxy groups -OCH3 is 2. The molecule has 0 aliphatic rings.